The van der Waals surface area contributed by atoms with Gasteiger partial charge in [-0.25, -0.2) is 0 Å². The van der Waals surface area contributed by atoms with Crippen molar-refractivity contribution in [3.8, 4) is 0 Å². The fourth-order valence-corrected chi connectivity index (χ4v) is 4.81. The van der Waals surface area contributed by atoms with Crippen LogP contribution in [0.5, 0.6) is 0 Å². The SMILES string of the molecule is O=C(CCCN1C(=O)C=CC1=O)NCCN(CCNC(=O)CCCN1C(=O)C=CC1=O)CCNC(=O)CCCN1C(=O)C=CC1=O. The molecule has 0 aromatic carbocycles. The molecule has 3 aliphatic heterocycles. The molecule has 46 heavy (non-hydrogen) atoms. The zero-order valence-electron chi connectivity index (χ0n) is 25.5. The number of carbonyl (C=O) groups is 9. The smallest absolute Gasteiger partial charge is 0.253 e. The Balaban J connectivity index is 1.35. The normalized spacial score (nSPS) is 15.7. The van der Waals surface area contributed by atoms with Crippen LogP contribution < -0.4 is 16.0 Å². The summed E-state index contributed by atoms with van der Waals surface area (Å²) in [7, 11) is 0. The summed E-state index contributed by atoms with van der Waals surface area (Å²) in [6.07, 6.45) is 8.47. The summed E-state index contributed by atoms with van der Waals surface area (Å²) in [5.74, 6) is -3.14. The van der Waals surface area contributed by atoms with Crippen LogP contribution in [0, 0.1) is 0 Å². The second kappa shape index (κ2) is 18.1. The lowest BCUT2D eigenvalue weighted by atomic mass is 10.2. The number of nitrogens with one attached hydrogen (secondary N) is 3. The lowest BCUT2D eigenvalue weighted by molar-refractivity contribution is -0.138. The van der Waals surface area contributed by atoms with Crippen molar-refractivity contribution >= 4 is 53.2 Å². The minimum absolute atomic E-state index is 0.124. The van der Waals surface area contributed by atoms with Crippen molar-refractivity contribution < 1.29 is 43.2 Å². The Labute approximate surface area is 265 Å². The minimum Gasteiger partial charge on any atom is -0.355 e. The monoisotopic (exact) mass is 641 g/mol. The standard InChI is InChI=1S/C30H39N7O9/c38-22(4-1-16-35-25(41)7-8-26(35)42)31-13-19-34(20-14-32-23(39)5-2-17-36-27(43)9-10-28(36)44)21-15-33-24(40)6-3-18-37-29(45)11-12-30(37)46/h7-12H,1-6,13-21H2,(H,31,38)(H,32,39)(H,33,40). The van der Waals surface area contributed by atoms with Crippen LogP contribution in [0.3, 0.4) is 0 Å². The predicted molar refractivity (Wildman–Crippen MR) is 161 cm³/mol. The average Bonchev–Trinajstić information content (AvgIpc) is 3.63. The molecule has 3 N–H and O–H groups in total. The average molecular weight is 642 g/mol. The van der Waals surface area contributed by atoms with Gasteiger partial charge in [-0.3, -0.25) is 62.8 Å². The maximum Gasteiger partial charge on any atom is 0.253 e. The molecule has 9 amide bonds. The highest BCUT2D eigenvalue weighted by Gasteiger charge is 2.24. The summed E-state index contributed by atoms with van der Waals surface area (Å²) in [4.78, 5) is 112. The van der Waals surface area contributed by atoms with Crippen molar-refractivity contribution in [2.24, 2.45) is 0 Å². The van der Waals surface area contributed by atoms with Crippen LogP contribution in [0.25, 0.3) is 0 Å². The van der Waals surface area contributed by atoms with Gasteiger partial charge in [-0.05, 0) is 19.3 Å². The highest BCUT2D eigenvalue weighted by atomic mass is 16.2. The van der Waals surface area contributed by atoms with Crippen LogP contribution in [0.4, 0.5) is 0 Å². The van der Waals surface area contributed by atoms with Crippen molar-refractivity contribution in [3.63, 3.8) is 0 Å². The van der Waals surface area contributed by atoms with Crippen LogP contribution in [-0.4, -0.2) is 132 Å². The third kappa shape index (κ3) is 11.5. The molecule has 16 nitrogen and oxygen atoms in total. The second-order valence-corrected chi connectivity index (χ2v) is 10.7. The molecular weight excluding hydrogens is 602 g/mol. The van der Waals surface area contributed by atoms with E-state index in [4.69, 9.17) is 0 Å². The summed E-state index contributed by atoms with van der Waals surface area (Å²) in [6.45, 7) is 2.49. The van der Waals surface area contributed by atoms with Gasteiger partial charge in [-0.1, -0.05) is 0 Å². The number of carbonyl (C=O) groups excluding carboxylic acids is 9. The zero-order valence-corrected chi connectivity index (χ0v) is 25.5. The van der Waals surface area contributed by atoms with E-state index in [-0.39, 0.29) is 76.3 Å². The first kappa shape index (κ1) is 35.5. The lowest BCUT2D eigenvalue weighted by Gasteiger charge is -2.23. The van der Waals surface area contributed by atoms with E-state index in [2.05, 4.69) is 16.0 Å². The first-order valence-electron chi connectivity index (χ1n) is 15.2. The molecule has 248 valence electrons. The third-order valence-electron chi connectivity index (χ3n) is 7.31. The van der Waals surface area contributed by atoms with Crippen molar-refractivity contribution in [2.75, 3.05) is 58.9 Å². The first-order chi connectivity index (χ1) is 22.0. The van der Waals surface area contributed by atoms with E-state index in [1.54, 1.807) is 0 Å². The van der Waals surface area contributed by atoms with Crippen LogP contribution in [0.1, 0.15) is 38.5 Å². The maximum atomic E-state index is 12.3. The molecule has 0 radical (unpaired) electrons. The Hall–Kier alpha value is -4.99. The van der Waals surface area contributed by atoms with E-state index in [1.807, 2.05) is 4.90 Å². The minimum atomic E-state index is -0.400. The van der Waals surface area contributed by atoms with Crippen molar-refractivity contribution in [3.05, 3.63) is 36.5 Å². The number of imide groups is 3. The van der Waals surface area contributed by atoms with Crippen LogP contribution in [-0.2, 0) is 43.2 Å². The molecule has 0 aliphatic carbocycles. The molecule has 16 heteroatoms. The molecular formula is C30H39N7O9. The number of rotatable bonds is 21. The largest absolute Gasteiger partial charge is 0.355 e. The number of nitrogens with zero attached hydrogens (tertiary/aromatic N) is 4. The summed E-state index contributed by atoms with van der Waals surface area (Å²) < 4.78 is 0. The van der Waals surface area contributed by atoms with Gasteiger partial charge in [0.2, 0.25) is 17.7 Å². The molecule has 3 rings (SSSR count). The second-order valence-electron chi connectivity index (χ2n) is 10.7. The van der Waals surface area contributed by atoms with Crippen LogP contribution in [0.15, 0.2) is 36.5 Å². The fourth-order valence-electron chi connectivity index (χ4n) is 4.81. The molecule has 0 unspecified atom stereocenters. The van der Waals surface area contributed by atoms with Gasteiger partial charge >= 0.3 is 0 Å². The molecule has 3 heterocycles. The van der Waals surface area contributed by atoms with Gasteiger partial charge in [-0.15, -0.1) is 0 Å². The van der Waals surface area contributed by atoms with Gasteiger partial charge in [-0.2, -0.15) is 0 Å². The Morgan fingerprint density at radius 2 is 0.696 bits per heavy atom. The predicted octanol–water partition coefficient (Wildman–Crippen LogP) is -2.25. The van der Waals surface area contributed by atoms with E-state index >= 15 is 0 Å². The molecule has 0 fully saturated rings. The van der Waals surface area contributed by atoms with Gasteiger partial charge in [0.05, 0.1) is 0 Å². The summed E-state index contributed by atoms with van der Waals surface area (Å²) in [6, 6.07) is 0. The molecule has 0 saturated carbocycles. The zero-order chi connectivity index (χ0) is 33.5. The Morgan fingerprint density at radius 1 is 0.457 bits per heavy atom. The Kier molecular flexibility index (Phi) is 14.0. The van der Waals surface area contributed by atoms with Crippen molar-refractivity contribution in [1.29, 1.82) is 0 Å². The summed E-state index contributed by atoms with van der Waals surface area (Å²) in [5, 5.41) is 8.38. The van der Waals surface area contributed by atoms with E-state index in [9.17, 15) is 43.2 Å². The quantitative estimate of drug-likeness (QED) is 0.115. The molecule has 0 atom stereocenters. The van der Waals surface area contributed by atoms with Crippen molar-refractivity contribution in [1.82, 2.24) is 35.6 Å². The van der Waals surface area contributed by atoms with E-state index < -0.39 is 35.4 Å². The number of hydrogen-bond acceptors (Lipinski definition) is 10. The fraction of sp³-hybridized carbons (Fsp3) is 0.500. The maximum absolute atomic E-state index is 12.3. The molecule has 0 aromatic heterocycles. The highest BCUT2D eigenvalue weighted by molar-refractivity contribution is 6.14. The van der Waals surface area contributed by atoms with E-state index in [0.29, 0.717) is 38.9 Å². The molecule has 0 saturated heterocycles. The topological polar surface area (TPSA) is 203 Å². The van der Waals surface area contributed by atoms with Crippen molar-refractivity contribution in [2.45, 2.75) is 38.5 Å². The van der Waals surface area contributed by atoms with Gasteiger partial charge in [0.15, 0.2) is 0 Å². The highest BCUT2D eigenvalue weighted by Crippen LogP contribution is 2.07. The molecule has 0 spiro atoms. The third-order valence-corrected chi connectivity index (χ3v) is 7.31. The summed E-state index contributed by atoms with van der Waals surface area (Å²) >= 11 is 0. The van der Waals surface area contributed by atoms with Gasteiger partial charge in [0.1, 0.15) is 0 Å². The first-order valence-corrected chi connectivity index (χ1v) is 15.2. The summed E-state index contributed by atoms with van der Waals surface area (Å²) in [5.41, 5.74) is 0. The van der Waals surface area contributed by atoms with E-state index in [1.165, 1.54) is 36.5 Å². The molecule has 0 bridgehead atoms. The van der Waals surface area contributed by atoms with E-state index in [0.717, 1.165) is 14.7 Å². The molecule has 0 aromatic rings. The van der Waals surface area contributed by atoms with Crippen LogP contribution >= 0.6 is 0 Å². The molecule has 3 aliphatic rings. The van der Waals surface area contributed by atoms with Gasteiger partial charge in [0.25, 0.3) is 35.4 Å². The van der Waals surface area contributed by atoms with Crippen LogP contribution in [0.2, 0.25) is 0 Å². The van der Waals surface area contributed by atoms with Gasteiger partial charge < -0.3 is 16.0 Å². The van der Waals surface area contributed by atoms with Gasteiger partial charge in [0, 0.05) is 115 Å². The number of hydrogen-bond donors (Lipinski definition) is 3. The number of amides is 9. The lowest BCUT2D eigenvalue weighted by Crippen LogP contribution is -2.43. The Bertz CT molecular complexity index is 1110. The Morgan fingerprint density at radius 3 is 0.935 bits per heavy atom.